The van der Waals surface area contributed by atoms with Crippen molar-refractivity contribution in [3.8, 4) is 0 Å². The van der Waals surface area contributed by atoms with Gasteiger partial charge in [0.2, 0.25) is 0 Å². The van der Waals surface area contributed by atoms with Crippen molar-refractivity contribution in [1.82, 2.24) is 5.32 Å². The Labute approximate surface area is 97.0 Å². The minimum atomic E-state index is 0.402. The lowest BCUT2D eigenvalue weighted by atomic mass is 9.70. The third-order valence-corrected chi connectivity index (χ3v) is 3.97. The summed E-state index contributed by atoms with van der Waals surface area (Å²) in [5.41, 5.74) is 0.402. The quantitative estimate of drug-likeness (QED) is 0.672. The molecule has 2 unspecified atom stereocenters. The maximum atomic E-state index is 3.56. The highest BCUT2D eigenvalue weighted by Gasteiger charge is 2.33. The number of hydrogen-bond donors (Lipinski definition) is 1. The standard InChI is InChI=1S/C14H31N/c1-8-10-12(11(3)4)13(15-7)14(5,6)9-2/h11-13,15H,8-10H2,1-7H3. The molecule has 0 aliphatic rings. The molecule has 1 N–H and O–H groups in total. The van der Waals surface area contributed by atoms with Crippen LogP contribution in [-0.2, 0) is 0 Å². The van der Waals surface area contributed by atoms with Crippen molar-refractivity contribution in [2.24, 2.45) is 17.3 Å². The molecule has 0 aliphatic heterocycles. The Morgan fingerprint density at radius 1 is 1.13 bits per heavy atom. The summed E-state index contributed by atoms with van der Waals surface area (Å²) >= 11 is 0. The molecule has 1 nitrogen and oxygen atoms in total. The van der Waals surface area contributed by atoms with Crippen molar-refractivity contribution >= 4 is 0 Å². The van der Waals surface area contributed by atoms with Gasteiger partial charge in [-0.25, -0.2) is 0 Å². The van der Waals surface area contributed by atoms with Gasteiger partial charge in [-0.05, 0) is 37.1 Å². The molecule has 0 aromatic rings. The van der Waals surface area contributed by atoms with Crippen LogP contribution in [0.15, 0.2) is 0 Å². The van der Waals surface area contributed by atoms with Crippen molar-refractivity contribution in [2.75, 3.05) is 7.05 Å². The molecule has 0 rings (SSSR count). The average Bonchev–Trinajstić information content (AvgIpc) is 2.17. The van der Waals surface area contributed by atoms with Crippen LogP contribution in [-0.4, -0.2) is 13.1 Å². The van der Waals surface area contributed by atoms with Crippen molar-refractivity contribution in [2.45, 2.75) is 66.8 Å². The van der Waals surface area contributed by atoms with E-state index in [1.165, 1.54) is 19.3 Å². The highest BCUT2D eigenvalue weighted by Crippen LogP contribution is 2.34. The molecular formula is C14H31N. The highest BCUT2D eigenvalue weighted by atomic mass is 14.9. The van der Waals surface area contributed by atoms with Crippen LogP contribution >= 0.6 is 0 Å². The first kappa shape index (κ1) is 15.0. The van der Waals surface area contributed by atoms with Crippen LogP contribution in [0.1, 0.15) is 60.8 Å². The Morgan fingerprint density at radius 3 is 1.93 bits per heavy atom. The zero-order valence-electron chi connectivity index (χ0n) is 11.9. The molecule has 0 fully saturated rings. The van der Waals surface area contributed by atoms with E-state index >= 15 is 0 Å². The zero-order valence-corrected chi connectivity index (χ0v) is 11.9. The monoisotopic (exact) mass is 213 g/mol. The van der Waals surface area contributed by atoms with Crippen molar-refractivity contribution in [3.63, 3.8) is 0 Å². The Bertz CT molecular complexity index is 161. The van der Waals surface area contributed by atoms with Gasteiger partial charge in [-0.15, -0.1) is 0 Å². The lowest BCUT2D eigenvalue weighted by molar-refractivity contribution is 0.135. The molecule has 0 aromatic carbocycles. The van der Waals surface area contributed by atoms with Gasteiger partial charge in [0, 0.05) is 6.04 Å². The van der Waals surface area contributed by atoms with Gasteiger partial charge in [0.25, 0.3) is 0 Å². The molecular weight excluding hydrogens is 182 g/mol. The van der Waals surface area contributed by atoms with Crippen LogP contribution in [0, 0.1) is 17.3 Å². The maximum absolute atomic E-state index is 3.56. The van der Waals surface area contributed by atoms with E-state index in [9.17, 15) is 0 Å². The van der Waals surface area contributed by atoms with E-state index in [-0.39, 0.29) is 0 Å². The summed E-state index contributed by atoms with van der Waals surface area (Å²) < 4.78 is 0. The smallest absolute Gasteiger partial charge is 0.0146 e. The second kappa shape index (κ2) is 6.52. The van der Waals surface area contributed by atoms with Crippen LogP contribution in [0.4, 0.5) is 0 Å². The summed E-state index contributed by atoms with van der Waals surface area (Å²) in [5, 5.41) is 3.56. The summed E-state index contributed by atoms with van der Waals surface area (Å²) in [7, 11) is 2.12. The predicted molar refractivity (Wildman–Crippen MR) is 70.2 cm³/mol. The maximum Gasteiger partial charge on any atom is 0.0146 e. The molecule has 15 heavy (non-hydrogen) atoms. The fraction of sp³-hybridized carbons (Fsp3) is 1.00. The van der Waals surface area contributed by atoms with E-state index < -0.39 is 0 Å². The normalized spacial score (nSPS) is 16.8. The summed E-state index contributed by atoms with van der Waals surface area (Å²) in [6, 6.07) is 0.641. The molecule has 0 saturated heterocycles. The molecule has 0 spiro atoms. The van der Waals surface area contributed by atoms with Gasteiger partial charge in [-0.2, -0.15) is 0 Å². The first-order valence-electron chi connectivity index (χ1n) is 6.57. The Morgan fingerprint density at radius 2 is 1.67 bits per heavy atom. The molecule has 1 heteroatoms. The fourth-order valence-electron chi connectivity index (χ4n) is 2.62. The molecule has 0 aromatic heterocycles. The molecule has 0 amide bonds. The summed E-state index contributed by atoms with van der Waals surface area (Å²) in [5.74, 6) is 1.57. The van der Waals surface area contributed by atoms with Crippen molar-refractivity contribution < 1.29 is 0 Å². The highest BCUT2D eigenvalue weighted by molar-refractivity contribution is 4.88. The molecule has 0 saturated carbocycles. The Hall–Kier alpha value is -0.0400. The van der Waals surface area contributed by atoms with Gasteiger partial charge in [0.1, 0.15) is 0 Å². The van der Waals surface area contributed by atoms with Crippen LogP contribution < -0.4 is 5.32 Å². The van der Waals surface area contributed by atoms with Gasteiger partial charge in [-0.3, -0.25) is 0 Å². The molecule has 2 atom stereocenters. The van der Waals surface area contributed by atoms with Gasteiger partial charge < -0.3 is 5.32 Å². The minimum absolute atomic E-state index is 0.402. The van der Waals surface area contributed by atoms with E-state index in [4.69, 9.17) is 0 Å². The van der Waals surface area contributed by atoms with E-state index in [0.717, 1.165) is 11.8 Å². The van der Waals surface area contributed by atoms with E-state index in [1.807, 2.05) is 0 Å². The van der Waals surface area contributed by atoms with Crippen LogP contribution in [0.5, 0.6) is 0 Å². The van der Waals surface area contributed by atoms with Crippen LogP contribution in [0.25, 0.3) is 0 Å². The average molecular weight is 213 g/mol. The predicted octanol–water partition coefficient (Wildman–Crippen LogP) is 4.08. The second-order valence-corrected chi connectivity index (χ2v) is 5.81. The minimum Gasteiger partial charge on any atom is -0.316 e. The van der Waals surface area contributed by atoms with E-state index in [0.29, 0.717) is 11.5 Å². The summed E-state index contributed by atoms with van der Waals surface area (Å²) in [4.78, 5) is 0. The van der Waals surface area contributed by atoms with E-state index in [2.05, 4.69) is 53.9 Å². The molecule has 92 valence electrons. The van der Waals surface area contributed by atoms with Gasteiger partial charge in [0.05, 0.1) is 0 Å². The molecule has 0 heterocycles. The SMILES string of the molecule is CCCC(C(C)C)C(NC)C(C)(C)CC. The van der Waals surface area contributed by atoms with E-state index in [1.54, 1.807) is 0 Å². The third-order valence-electron chi connectivity index (χ3n) is 3.97. The number of rotatable bonds is 7. The first-order chi connectivity index (χ1) is 6.90. The van der Waals surface area contributed by atoms with Crippen molar-refractivity contribution in [1.29, 1.82) is 0 Å². The summed E-state index contributed by atoms with van der Waals surface area (Å²) in [6.45, 7) is 14.1. The van der Waals surface area contributed by atoms with Crippen molar-refractivity contribution in [3.05, 3.63) is 0 Å². The number of hydrogen-bond acceptors (Lipinski definition) is 1. The first-order valence-corrected chi connectivity index (χ1v) is 6.57. The van der Waals surface area contributed by atoms with Gasteiger partial charge in [-0.1, -0.05) is 48.0 Å². The van der Waals surface area contributed by atoms with Gasteiger partial charge in [0.15, 0.2) is 0 Å². The zero-order chi connectivity index (χ0) is 12.1. The second-order valence-electron chi connectivity index (χ2n) is 5.81. The molecule has 0 radical (unpaired) electrons. The Balaban J connectivity index is 4.73. The molecule has 0 bridgehead atoms. The van der Waals surface area contributed by atoms with Gasteiger partial charge >= 0.3 is 0 Å². The Kier molecular flexibility index (Phi) is 6.51. The fourth-order valence-corrected chi connectivity index (χ4v) is 2.62. The van der Waals surface area contributed by atoms with Crippen LogP contribution in [0.3, 0.4) is 0 Å². The summed E-state index contributed by atoms with van der Waals surface area (Å²) in [6.07, 6.45) is 3.87. The molecule has 0 aliphatic carbocycles. The third kappa shape index (κ3) is 4.14. The lowest BCUT2D eigenvalue weighted by Crippen LogP contribution is -2.47. The van der Waals surface area contributed by atoms with Crippen LogP contribution in [0.2, 0.25) is 0 Å². The number of nitrogens with one attached hydrogen (secondary N) is 1. The largest absolute Gasteiger partial charge is 0.316 e. The lowest BCUT2D eigenvalue weighted by Gasteiger charge is -2.41. The topological polar surface area (TPSA) is 12.0 Å².